The smallest absolute Gasteiger partial charge is 0.395 e. The first-order valence-electron chi connectivity index (χ1n) is 10.3. The van der Waals surface area contributed by atoms with Crippen molar-refractivity contribution in [2.75, 3.05) is 19.5 Å². The number of phosphoric acid groups is 1. The Balaban J connectivity index is 1.79. The molecule has 1 aromatic carbocycles. The van der Waals surface area contributed by atoms with Gasteiger partial charge in [0.1, 0.15) is 29.8 Å². The Labute approximate surface area is 199 Å². The van der Waals surface area contributed by atoms with Crippen molar-refractivity contribution >= 4 is 19.6 Å². The van der Waals surface area contributed by atoms with Crippen molar-refractivity contribution in [3.8, 4) is 5.75 Å². The van der Waals surface area contributed by atoms with Crippen molar-refractivity contribution in [2.24, 2.45) is 0 Å². The largest absolute Gasteiger partial charge is 0.589 e. The number of hydroxylamine groups is 1. The van der Waals surface area contributed by atoms with Crippen LogP contribution >= 0.6 is 7.82 Å². The van der Waals surface area contributed by atoms with E-state index in [0.717, 1.165) is 11.5 Å². The van der Waals surface area contributed by atoms with Gasteiger partial charge in [-0.3, -0.25) is 9.09 Å². The van der Waals surface area contributed by atoms with E-state index in [1.165, 1.54) is 38.4 Å². The fourth-order valence-electron chi connectivity index (χ4n) is 3.22. The van der Waals surface area contributed by atoms with Gasteiger partial charge in [0, 0.05) is 6.20 Å². The Morgan fingerprint density at radius 1 is 1.40 bits per heavy atom. The van der Waals surface area contributed by atoms with E-state index in [9.17, 15) is 19.3 Å². The Hall–Kier alpha value is -2.87. The molecule has 3 rings (SSSR count). The lowest BCUT2D eigenvalue weighted by molar-refractivity contribution is -0.141. The van der Waals surface area contributed by atoms with Gasteiger partial charge in [-0.2, -0.15) is 10.5 Å². The molecule has 192 valence electrons. The molecule has 35 heavy (non-hydrogen) atoms. The molecule has 0 radical (unpaired) electrons. The molecule has 13 nitrogen and oxygen atoms in total. The molecule has 6 atom stereocenters. The number of para-hydroxylation sites is 1. The van der Waals surface area contributed by atoms with E-state index in [1.54, 1.807) is 18.2 Å². The summed E-state index contributed by atoms with van der Waals surface area (Å²) in [6.45, 7) is 1.67. The normalized spacial score (nSPS) is 26.6. The number of carbonyl (C=O) groups is 1. The molecule has 4 N–H and O–H groups in total. The van der Waals surface area contributed by atoms with Crippen LogP contribution in [0.2, 0.25) is 0 Å². The SMILES string of the molecule is CON[C@@H](C)C(=O)OP(=O)(OC[C@H]1O[C@@H](n2ccc(N)nc2=O)[C@@](C)(F)[C@@H]1O)Oc1ccccc1. The number of aromatic nitrogens is 2. The predicted octanol–water partition coefficient (Wildman–Crippen LogP) is 1.10. The number of nitrogens with zero attached hydrogens (tertiary/aromatic N) is 2. The molecule has 2 aromatic rings. The summed E-state index contributed by atoms with van der Waals surface area (Å²) < 4.78 is 50.6. The minimum atomic E-state index is -4.66. The third kappa shape index (κ3) is 6.23. The molecule has 1 aromatic heterocycles. The molecule has 2 heterocycles. The predicted molar refractivity (Wildman–Crippen MR) is 119 cm³/mol. The molecule has 1 aliphatic rings. The summed E-state index contributed by atoms with van der Waals surface area (Å²) in [5.74, 6) is -1.06. The molecule has 1 aliphatic heterocycles. The molecule has 1 unspecified atom stereocenters. The number of nitrogens with two attached hydrogens (primary N) is 1. The van der Waals surface area contributed by atoms with Crippen LogP contribution in [0.15, 0.2) is 47.4 Å². The summed E-state index contributed by atoms with van der Waals surface area (Å²) in [5, 5.41) is 10.5. The molecular formula is C20H26FN4O9P. The van der Waals surface area contributed by atoms with Gasteiger partial charge < -0.3 is 29.5 Å². The number of halogens is 1. The van der Waals surface area contributed by atoms with E-state index in [-0.39, 0.29) is 11.6 Å². The highest BCUT2D eigenvalue weighted by molar-refractivity contribution is 7.49. The average Bonchev–Trinajstić information content (AvgIpc) is 3.02. The van der Waals surface area contributed by atoms with Crippen molar-refractivity contribution in [1.82, 2.24) is 15.0 Å². The summed E-state index contributed by atoms with van der Waals surface area (Å²) in [6.07, 6.45) is -3.69. The number of carbonyl (C=O) groups excluding carboxylic acids is 1. The standard InChI is InChI=1S/C20H26FN4O9P/c1-12(24-30-3)17(27)34-35(29,33-13-7-5-4-6-8-13)31-11-14-16(26)20(2,21)18(32-14)25-10-9-15(22)23-19(25)28/h4-10,12,14,16,18,24,26H,11H2,1-3H3,(H2,22,23,28)/t12-,14+,16+,18+,20-,35?/m0/s1. The molecular weight excluding hydrogens is 490 g/mol. The number of rotatable bonds is 10. The highest BCUT2D eigenvalue weighted by Crippen LogP contribution is 2.51. The third-order valence-electron chi connectivity index (χ3n) is 5.03. The van der Waals surface area contributed by atoms with E-state index in [4.69, 9.17) is 24.0 Å². The highest BCUT2D eigenvalue weighted by atomic mass is 31.2. The third-order valence-corrected chi connectivity index (χ3v) is 6.33. The lowest BCUT2D eigenvalue weighted by Crippen LogP contribution is -2.43. The average molecular weight is 516 g/mol. The van der Waals surface area contributed by atoms with Gasteiger partial charge >= 0.3 is 19.5 Å². The second kappa shape index (κ2) is 10.8. The van der Waals surface area contributed by atoms with Crippen LogP contribution in [-0.2, 0) is 28.0 Å². The maximum absolute atomic E-state index is 15.4. The van der Waals surface area contributed by atoms with Crippen molar-refractivity contribution in [1.29, 1.82) is 0 Å². The van der Waals surface area contributed by atoms with Crippen molar-refractivity contribution in [2.45, 2.75) is 44.0 Å². The molecule has 0 amide bonds. The number of phosphoric ester groups is 1. The van der Waals surface area contributed by atoms with Gasteiger partial charge in [-0.05, 0) is 32.0 Å². The summed E-state index contributed by atoms with van der Waals surface area (Å²) in [7, 11) is -3.39. The minimum Gasteiger partial charge on any atom is -0.395 e. The van der Waals surface area contributed by atoms with Gasteiger partial charge in [-0.15, -0.1) is 0 Å². The molecule has 0 spiro atoms. The number of hydrogen-bond donors (Lipinski definition) is 3. The Bertz CT molecular complexity index is 1130. The lowest BCUT2D eigenvalue weighted by atomic mass is 9.98. The first kappa shape index (κ1) is 26.7. The molecule has 0 aliphatic carbocycles. The number of nitrogen functional groups attached to an aromatic ring is 1. The van der Waals surface area contributed by atoms with E-state index < -0.39 is 56.2 Å². The monoisotopic (exact) mass is 516 g/mol. The summed E-state index contributed by atoms with van der Waals surface area (Å²) in [4.78, 5) is 32.6. The first-order valence-corrected chi connectivity index (χ1v) is 11.8. The van der Waals surface area contributed by atoms with Gasteiger partial charge in [0.15, 0.2) is 11.9 Å². The second-order valence-electron chi connectivity index (χ2n) is 7.77. The number of aliphatic hydroxyl groups excluding tert-OH is 1. The lowest BCUT2D eigenvalue weighted by Gasteiger charge is -2.24. The van der Waals surface area contributed by atoms with Crippen molar-refractivity contribution in [3.05, 3.63) is 53.1 Å². The van der Waals surface area contributed by atoms with Gasteiger partial charge in [-0.1, -0.05) is 18.2 Å². The number of ether oxygens (including phenoxy) is 1. The Morgan fingerprint density at radius 3 is 2.71 bits per heavy atom. The summed E-state index contributed by atoms with van der Waals surface area (Å²) in [5.41, 5.74) is 4.39. The molecule has 15 heteroatoms. The van der Waals surface area contributed by atoms with Crippen LogP contribution in [-0.4, -0.2) is 58.3 Å². The zero-order valence-electron chi connectivity index (χ0n) is 19.1. The van der Waals surface area contributed by atoms with Crippen molar-refractivity contribution in [3.63, 3.8) is 0 Å². The van der Waals surface area contributed by atoms with Crippen LogP contribution in [0.25, 0.3) is 0 Å². The maximum Gasteiger partial charge on any atom is 0.589 e. The van der Waals surface area contributed by atoms with Gasteiger partial charge in [0.05, 0.1) is 13.7 Å². The first-order chi connectivity index (χ1) is 16.5. The number of anilines is 1. The zero-order chi connectivity index (χ0) is 25.8. The van der Waals surface area contributed by atoms with Crippen LogP contribution in [0, 0.1) is 0 Å². The fraction of sp³-hybridized carbons (Fsp3) is 0.450. The Morgan fingerprint density at radius 2 is 2.09 bits per heavy atom. The summed E-state index contributed by atoms with van der Waals surface area (Å²) >= 11 is 0. The van der Waals surface area contributed by atoms with Crippen molar-refractivity contribution < 1.29 is 42.0 Å². The van der Waals surface area contributed by atoms with E-state index in [0.29, 0.717) is 0 Å². The summed E-state index contributed by atoms with van der Waals surface area (Å²) in [6, 6.07) is 7.93. The van der Waals surface area contributed by atoms with Crippen LogP contribution < -0.4 is 21.4 Å². The van der Waals surface area contributed by atoms with Gasteiger partial charge in [-0.25, -0.2) is 18.5 Å². The Kier molecular flexibility index (Phi) is 8.26. The quantitative estimate of drug-likeness (QED) is 0.304. The highest BCUT2D eigenvalue weighted by Gasteiger charge is 2.56. The van der Waals surface area contributed by atoms with Gasteiger partial charge in [0.25, 0.3) is 0 Å². The number of aliphatic hydroxyl groups is 1. The van der Waals surface area contributed by atoms with E-state index in [2.05, 4.69) is 15.3 Å². The minimum absolute atomic E-state index is 0.0524. The van der Waals surface area contributed by atoms with Gasteiger partial charge in [0.2, 0.25) is 0 Å². The molecule has 0 bridgehead atoms. The number of benzene rings is 1. The zero-order valence-corrected chi connectivity index (χ0v) is 20.0. The van der Waals surface area contributed by atoms with Crippen LogP contribution in [0.3, 0.4) is 0 Å². The maximum atomic E-state index is 15.4. The number of alkyl halides is 1. The van der Waals surface area contributed by atoms with E-state index >= 15 is 4.39 Å². The second-order valence-corrected chi connectivity index (χ2v) is 9.28. The molecule has 1 saturated heterocycles. The van der Waals surface area contributed by atoms with Crippen LogP contribution in [0.1, 0.15) is 20.1 Å². The van der Waals surface area contributed by atoms with Crippen LogP contribution in [0.4, 0.5) is 10.2 Å². The topological polar surface area (TPSA) is 173 Å². The van der Waals surface area contributed by atoms with Crippen LogP contribution in [0.5, 0.6) is 5.75 Å². The molecule has 1 fully saturated rings. The number of nitrogens with one attached hydrogen (secondary N) is 1. The fourth-order valence-corrected chi connectivity index (χ4v) is 4.45. The number of hydrogen-bond acceptors (Lipinski definition) is 12. The molecule has 0 saturated carbocycles. The van der Waals surface area contributed by atoms with E-state index in [1.807, 2.05) is 0 Å².